The molecule has 0 saturated heterocycles. The Labute approximate surface area is 162 Å². The van der Waals surface area contributed by atoms with Crippen molar-refractivity contribution < 1.29 is 5.11 Å². The van der Waals surface area contributed by atoms with Crippen LogP contribution in [0.5, 0.6) is 5.75 Å². The lowest BCUT2D eigenvalue weighted by Gasteiger charge is -2.04. The second kappa shape index (κ2) is 9.05. The molecule has 1 heterocycles. The number of thioether (sulfide) groups is 1. The van der Waals surface area contributed by atoms with Crippen LogP contribution < -0.4 is 5.43 Å². The third-order valence-electron chi connectivity index (χ3n) is 3.97. The predicted octanol–water partition coefficient (Wildman–Crippen LogP) is 4.29. The number of phenolic OH excluding ortho intramolecular Hbond substituents is 1. The molecule has 6 nitrogen and oxygen atoms in total. The van der Waals surface area contributed by atoms with Gasteiger partial charge >= 0.3 is 0 Å². The number of rotatable bonds is 8. The molecule has 7 heteroatoms. The average molecular weight is 379 g/mol. The number of nitrogens with zero attached hydrogens (tertiary/aromatic N) is 3. The molecule has 0 bridgehead atoms. The van der Waals surface area contributed by atoms with Gasteiger partial charge < -0.3 is 5.11 Å². The quantitative estimate of drug-likeness (QED) is 0.235. The number of hydrogen-bond acceptors (Lipinski definition) is 6. The van der Waals surface area contributed by atoms with E-state index in [1.54, 1.807) is 30.1 Å². The molecule has 27 heavy (non-hydrogen) atoms. The number of aromatic nitrogens is 3. The number of allylic oxidation sites excluding steroid dienone is 1. The van der Waals surface area contributed by atoms with Crippen LogP contribution in [0, 0.1) is 6.92 Å². The summed E-state index contributed by atoms with van der Waals surface area (Å²) in [5.74, 6) is 1.45. The first-order valence-electron chi connectivity index (χ1n) is 8.48. The lowest BCUT2D eigenvalue weighted by atomic mass is 10.1. The third kappa shape index (κ3) is 4.98. The van der Waals surface area contributed by atoms with Crippen LogP contribution in [0.4, 0.5) is 5.95 Å². The number of aromatic hydroxyl groups is 1. The van der Waals surface area contributed by atoms with Crippen LogP contribution in [-0.2, 0) is 12.2 Å². The van der Waals surface area contributed by atoms with Crippen molar-refractivity contribution in [3.8, 4) is 5.75 Å². The zero-order chi connectivity index (χ0) is 19.1. The van der Waals surface area contributed by atoms with Crippen molar-refractivity contribution in [1.29, 1.82) is 0 Å². The molecule has 0 amide bonds. The number of hydrazone groups is 1. The van der Waals surface area contributed by atoms with Gasteiger partial charge in [0.25, 0.3) is 0 Å². The number of H-pyrrole nitrogens is 1. The molecule has 0 fully saturated rings. The third-order valence-corrected chi connectivity index (χ3v) is 4.87. The van der Waals surface area contributed by atoms with Gasteiger partial charge in [-0.15, -0.1) is 11.7 Å². The van der Waals surface area contributed by atoms with Gasteiger partial charge in [0.2, 0.25) is 11.1 Å². The molecule has 138 valence electrons. The van der Waals surface area contributed by atoms with Crippen LogP contribution in [0.2, 0.25) is 0 Å². The summed E-state index contributed by atoms with van der Waals surface area (Å²) in [6.45, 7) is 5.78. The monoisotopic (exact) mass is 379 g/mol. The standard InChI is InChI=1S/C20H21N5OS/c1-3-7-15-10-6-11-16(18(15)26)12-21-23-19-22-20(25-24-19)27-13-17-9-5-4-8-14(17)2/h3-6,8-12,26H,1,7,13H2,2H3,(H2,22,23,24,25)/b21-12+. The smallest absolute Gasteiger partial charge is 0.240 e. The van der Waals surface area contributed by atoms with Gasteiger partial charge in [-0.3, -0.25) is 0 Å². The Morgan fingerprint density at radius 2 is 2.04 bits per heavy atom. The molecular formula is C20H21N5OS. The highest BCUT2D eigenvalue weighted by atomic mass is 32.2. The Morgan fingerprint density at radius 3 is 2.85 bits per heavy atom. The fraction of sp³-hybridized carbons (Fsp3) is 0.150. The molecule has 3 rings (SSSR count). The average Bonchev–Trinajstić information content (AvgIpc) is 3.12. The molecule has 0 aliphatic heterocycles. The summed E-state index contributed by atoms with van der Waals surface area (Å²) < 4.78 is 0. The maximum absolute atomic E-state index is 10.2. The van der Waals surface area contributed by atoms with Gasteiger partial charge in [-0.1, -0.05) is 54.2 Å². The Kier molecular flexibility index (Phi) is 6.27. The number of aromatic amines is 1. The van der Waals surface area contributed by atoms with Crippen LogP contribution in [0.1, 0.15) is 22.3 Å². The van der Waals surface area contributed by atoms with Crippen molar-refractivity contribution in [2.75, 3.05) is 5.43 Å². The van der Waals surface area contributed by atoms with E-state index in [-0.39, 0.29) is 5.75 Å². The van der Waals surface area contributed by atoms with E-state index in [2.05, 4.69) is 51.3 Å². The van der Waals surface area contributed by atoms with Gasteiger partial charge in [0.05, 0.1) is 6.21 Å². The number of phenols is 1. The second-order valence-corrected chi connectivity index (χ2v) is 6.84. The van der Waals surface area contributed by atoms with Gasteiger partial charge in [-0.2, -0.15) is 10.1 Å². The Bertz CT molecular complexity index is 951. The van der Waals surface area contributed by atoms with Crippen molar-refractivity contribution in [2.24, 2.45) is 5.10 Å². The van der Waals surface area contributed by atoms with E-state index < -0.39 is 0 Å². The zero-order valence-corrected chi connectivity index (χ0v) is 15.8. The van der Waals surface area contributed by atoms with Crippen molar-refractivity contribution in [3.63, 3.8) is 0 Å². The van der Waals surface area contributed by atoms with Gasteiger partial charge in [0.15, 0.2) is 0 Å². The number of para-hydroxylation sites is 1. The second-order valence-electron chi connectivity index (χ2n) is 5.90. The van der Waals surface area contributed by atoms with Gasteiger partial charge in [0.1, 0.15) is 5.75 Å². The van der Waals surface area contributed by atoms with E-state index >= 15 is 0 Å². The summed E-state index contributed by atoms with van der Waals surface area (Å²) in [5, 5.41) is 22.0. The summed E-state index contributed by atoms with van der Waals surface area (Å²) in [5.41, 5.74) is 6.74. The minimum Gasteiger partial charge on any atom is -0.507 e. The van der Waals surface area contributed by atoms with E-state index in [0.29, 0.717) is 23.1 Å². The maximum Gasteiger partial charge on any atom is 0.240 e. The van der Waals surface area contributed by atoms with Crippen molar-refractivity contribution >= 4 is 23.9 Å². The van der Waals surface area contributed by atoms with Crippen LogP contribution in [0.3, 0.4) is 0 Å². The number of hydrogen-bond donors (Lipinski definition) is 3. The summed E-state index contributed by atoms with van der Waals surface area (Å²) in [6.07, 6.45) is 3.90. The van der Waals surface area contributed by atoms with Crippen LogP contribution in [-0.4, -0.2) is 26.5 Å². The molecule has 0 radical (unpaired) electrons. The Morgan fingerprint density at radius 1 is 1.22 bits per heavy atom. The predicted molar refractivity (Wildman–Crippen MR) is 110 cm³/mol. The highest BCUT2D eigenvalue weighted by Crippen LogP contribution is 2.23. The van der Waals surface area contributed by atoms with E-state index in [1.807, 2.05) is 24.3 Å². The molecule has 2 aromatic carbocycles. The largest absolute Gasteiger partial charge is 0.507 e. The lowest BCUT2D eigenvalue weighted by molar-refractivity contribution is 0.469. The van der Waals surface area contributed by atoms with E-state index in [1.165, 1.54) is 11.1 Å². The summed E-state index contributed by atoms with van der Waals surface area (Å²) in [7, 11) is 0. The summed E-state index contributed by atoms with van der Waals surface area (Å²) >= 11 is 1.55. The van der Waals surface area contributed by atoms with Crippen molar-refractivity contribution in [2.45, 2.75) is 24.3 Å². The first-order chi connectivity index (χ1) is 13.2. The molecule has 0 unspecified atom stereocenters. The molecule has 0 aliphatic rings. The van der Waals surface area contributed by atoms with Crippen LogP contribution in [0.15, 0.2) is 65.4 Å². The number of aryl methyl sites for hydroxylation is 1. The summed E-state index contributed by atoms with van der Waals surface area (Å²) in [6, 6.07) is 13.8. The molecular weight excluding hydrogens is 358 g/mol. The van der Waals surface area contributed by atoms with E-state index in [9.17, 15) is 5.11 Å². The van der Waals surface area contributed by atoms with Gasteiger partial charge in [-0.25, -0.2) is 10.5 Å². The van der Waals surface area contributed by atoms with E-state index in [0.717, 1.165) is 11.3 Å². The lowest BCUT2D eigenvalue weighted by Crippen LogP contribution is -1.94. The maximum atomic E-state index is 10.2. The molecule has 0 aliphatic carbocycles. The highest BCUT2D eigenvalue weighted by Gasteiger charge is 2.06. The SMILES string of the molecule is C=CCc1cccc(/C=N/Nc2nc(SCc3ccccc3C)n[nH]2)c1O. The Hall–Kier alpha value is -3.06. The molecule has 1 aromatic heterocycles. The van der Waals surface area contributed by atoms with Crippen molar-refractivity contribution in [1.82, 2.24) is 15.2 Å². The van der Waals surface area contributed by atoms with Crippen LogP contribution >= 0.6 is 11.8 Å². The molecule has 0 atom stereocenters. The number of anilines is 1. The minimum absolute atomic E-state index is 0.204. The molecule has 3 aromatic rings. The summed E-state index contributed by atoms with van der Waals surface area (Å²) in [4.78, 5) is 4.35. The number of benzene rings is 2. The first-order valence-corrected chi connectivity index (χ1v) is 9.46. The normalized spacial score (nSPS) is 11.0. The van der Waals surface area contributed by atoms with Gasteiger partial charge in [0, 0.05) is 11.3 Å². The number of nitrogens with one attached hydrogen (secondary N) is 2. The molecule has 0 saturated carbocycles. The van der Waals surface area contributed by atoms with Crippen molar-refractivity contribution in [3.05, 3.63) is 77.4 Å². The van der Waals surface area contributed by atoms with Crippen LogP contribution in [0.25, 0.3) is 0 Å². The molecule has 0 spiro atoms. The fourth-order valence-corrected chi connectivity index (χ4v) is 3.35. The van der Waals surface area contributed by atoms with E-state index in [4.69, 9.17) is 0 Å². The zero-order valence-electron chi connectivity index (χ0n) is 15.0. The topological polar surface area (TPSA) is 86.2 Å². The van der Waals surface area contributed by atoms with Gasteiger partial charge in [-0.05, 0) is 36.1 Å². The molecule has 3 N–H and O–H groups in total. The highest BCUT2D eigenvalue weighted by molar-refractivity contribution is 7.98. The fourth-order valence-electron chi connectivity index (χ4n) is 2.47. The first kappa shape index (κ1) is 18.7. The Balaban J connectivity index is 1.58. The minimum atomic E-state index is 0.204.